The number of carbonyl (C=O) groups is 1. The van der Waals surface area contributed by atoms with Crippen LogP contribution in [0.4, 0.5) is 0 Å². The van der Waals surface area contributed by atoms with Crippen LogP contribution in [0.3, 0.4) is 0 Å². The van der Waals surface area contributed by atoms with Crippen molar-refractivity contribution in [1.82, 2.24) is 15.4 Å². The Balaban J connectivity index is 1.73. The summed E-state index contributed by atoms with van der Waals surface area (Å²) in [6.07, 6.45) is 5.15. The number of likely N-dealkylation sites (tertiary alicyclic amines) is 1. The number of amides is 1. The molecule has 1 aromatic heterocycles. The van der Waals surface area contributed by atoms with E-state index < -0.39 is 6.10 Å². The van der Waals surface area contributed by atoms with Crippen molar-refractivity contribution in [1.29, 1.82) is 0 Å². The van der Waals surface area contributed by atoms with Gasteiger partial charge in [0.2, 0.25) is 5.76 Å². The summed E-state index contributed by atoms with van der Waals surface area (Å²) in [6, 6.07) is 1.68. The lowest BCUT2D eigenvalue weighted by Gasteiger charge is -2.23. The quantitative estimate of drug-likeness (QED) is 0.800. The monoisotopic (exact) mass is 323 g/mol. The van der Waals surface area contributed by atoms with Gasteiger partial charge in [-0.05, 0) is 38.3 Å². The first-order chi connectivity index (χ1) is 11.0. The molecule has 130 valence electrons. The molecule has 0 bridgehead atoms. The average molecular weight is 323 g/mol. The Hall–Kier alpha value is -1.40. The number of carbonyl (C=O) groups excluding carboxylic acids is 1. The third-order valence-electron chi connectivity index (χ3n) is 4.07. The van der Waals surface area contributed by atoms with Crippen LogP contribution >= 0.6 is 0 Å². The summed E-state index contributed by atoms with van der Waals surface area (Å²) in [5, 5.41) is 16.7. The van der Waals surface area contributed by atoms with Crippen molar-refractivity contribution >= 4 is 5.91 Å². The number of nitrogens with zero attached hydrogens (tertiary/aromatic N) is 2. The predicted octanol–water partition coefficient (Wildman–Crippen LogP) is 1.84. The molecule has 0 saturated carbocycles. The van der Waals surface area contributed by atoms with Gasteiger partial charge in [-0.3, -0.25) is 4.79 Å². The van der Waals surface area contributed by atoms with E-state index in [9.17, 15) is 9.90 Å². The van der Waals surface area contributed by atoms with Gasteiger partial charge in [-0.15, -0.1) is 0 Å². The largest absolute Gasteiger partial charge is 0.390 e. The van der Waals surface area contributed by atoms with E-state index >= 15 is 0 Å². The lowest BCUT2D eigenvalue weighted by molar-refractivity contribution is 0.0831. The van der Waals surface area contributed by atoms with Gasteiger partial charge >= 0.3 is 0 Å². The molecular weight excluding hydrogens is 294 g/mol. The van der Waals surface area contributed by atoms with Crippen LogP contribution in [0.15, 0.2) is 10.6 Å². The van der Waals surface area contributed by atoms with Crippen LogP contribution in [0.2, 0.25) is 0 Å². The lowest BCUT2D eigenvalue weighted by atomic mass is 10.1. The summed E-state index contributed by atoms with van der Waals surface area (Å²) >= 11 is 0. The van der Waals surface area contributed by atoms with E-state index in [1.165, 1.54) is 25.7 Å². The van der Waals surface area contributed by atoms with Gasteiger partial charge < -0.3 is 19.8 Å². The average Bonchev–Trinajstić information content (AvgIpc) is 2.80. The Morgan fingerprint density at radius 1 is 1.35 bits per heavy atom. The Morgan fingerprint density at radius 3 is 2.70 bits per heavy atom. The lowest BCUT2D eigenvalue weighted by Crippen LogP contribution is -2.40. The summed E-state index contributed by atoms with van der Waals surface area (Å²) in [7, 11) is 0. The maximum absolute atomic E-state index is 12.0. The summed E-state index contributed by atoms with van der Waals surface area (Å²) < 4.78 is 5.07. The fourth-order valence-corrected chi connectivity index (χ4v) is 2.91. The van der Waals surface area contributed by atoms with Crippen molar-refractivity contribution in [3.05, 3.63) is 17.5 Å². The Kier molecular flexibility index (Phi) is 7.05. The predicted molar refractivity (Wildman–Crippen MR) is 88.3 cm³/mol. The summed E-state index contributed by atoms with van der Waals surface area (Å²) in [5.41, 5.74) is 0.787. The number of aliphatic hydroxyl groups excluding tert-OH is 1. The number of rotatable bonds is 7. The molecule has 23 heavy (non-hydrogen) atoms. The molecule has 0 unspecified atom stereocenters. The SMILES string of the molecule is CC(C)Cc1cc(C(=O)NC[C@@H](O)CN2CCCCCC2)on1. The molecule has 1 fully saturated rings. The number of aliphatic hydroxyl groups is 1. The minimum atomic E-state index is -0.560. The van der Waals surface area contributed by atoms with Crippen LogP contribution in [-0.4, -0.2) is 53.4 Å². The van der Waals surface area contributed by atoms with Gasteiger partial charge in [0.05, 0.1) is 11.8 Å². The van der Waals surface area contributed by atoms with E-state index in [1.807, 2.05) is 0 Å². The molecule has 1 aliphatic heterocycles. The van der Waals surface area contributed by atoms with Crippen LogP contribution in [-0.2, 0) is 6.42 Å². The Morgan fingerprint density at radius 2 is 2.04 bits per heavy atom. The molecule has 2 heterocycles. The molecule has 0 aromatic carbocycles. The number of nitrogens with one attached hydrogen (secondary N) is 1. The first-order valence-corrected chi connectivity index (χ1v) is 8.69. The number of β-amino-alcohol motifs (C(OH)–C–C–N with tert-alkyl or cyclic N) is 1. The molecule has 6 nitrogen and oxygen atoms in total. The zero-order chi connectivity index (χ0) is 16.7. The first kappa shape index (κ1) is 17.9. The molecule has 1 aromatic rings. The van der Waals surface area contributed by atoms with Crippen molar-refractivity contribution in [3.8, 4) is 0 Å². The van der Waals surface area contributed by atoms with Crippen LogP contribution in [0.1, 0.15) is 55.8 Å². The highest BCUT2D eigenvalue weighted by Gasteiger charge is 2.17. The maximum Gasteiger partial charge on any atom is 0.289 e. The second-order valence-corrected chi connectivity index (χ2v) is 6.86. The summed E-state index contributed by atoms with van der Waals surface area (Å²) in [6.45, 7) is 7.09. The van der Waals surface area contributed by atoms with Crippen LogP contribution in [0, 0.1) is 5.92 Å². The molecule has 2 N–H and O–H groups in total. The Labute approximate surface area is 138 Å². The second kappa shape index (κ2) is 9.03. The molecule has 0 radical (unpaired) electrons. The highest BCUT2D eigenvalue weighted by atomic mass is 16.5. The van der Waals surface area contributed by atoms with E-state index in [-0.39, 0.29) is 18.2 Å². The highest BCUT2D eigenvalue weighted by molar-refractivity contribution is 5.91. The topological polar surface area (TPSA) is 78.6 Å². The molecule has 2 rings (SSSR count). The highest BCUT2D eigenvalue weighted by Crippen LogP contribution is 2.10. The molecule has 6 heteroatoms. The van der Waals surface area contributed by atoms with Crippen molar-refractivity contribution in [2.75, 3.05) is 26.2 Å². The number of aromatic nitrogens is 1. The maximum atomic E-state index is 12.0. The zero-order valence-electron chi connectivity index (χ0n) is 14.3. The molecule has 1 amide bonds. The van der Waals surface area contributed by atoms with E-state index in [2.05, 4.69) is 29.2 Å². The molecule has 0 aliphatic carbocycles. The molecular formula is C17H29N3O3. The van der Waals surface area contributed by atoms with Gasteiger partial charge in [-0.25, -0.2) is 0 Å². The second-order valence-electron chi connectivity index (χ2n) is 6.86. The normalized spacial score (nSPS) is 17.9. The van der Waals surface area contributed by atoms with E-state index in [0.29, 0.717) is 12.5 Å². The molecule has 1 atom stereocenters. The summed E-state index contributed by atoms with van der Waals surface area (Å²) in [5.74, 6) is 0.358. The molecule has 1 saturated heterocycles. The zero-order valence-corrected chi connectivity index (χ0v) is 14.3. The van der Waals surface area contributed by atoms with Crippen LogP contribution < -0.4 is 5.32 Å². The smallest absolute Gasteiger partial charge is 0.289 e. The molecule has 0 spiro atoms. The minimum absolute atomic E-state index is 0.211. The van der Waals surface area contributed by atoms with Gasteiger partial charge in [0, 0.05) is 19.2 Å². The van der Waals surface area contributed by atoms with E-state index in [0.717, 1.165) is 25.2 Å². The van der Waals surface area contributed by atoms with Crippen LogP contribution in [0.5, 0.6) is 0 Å². The van der Waals surface area contributed by atoms with Gasteiger partial charge in [-0.2, -0.15) is 0 Å². The first-order valence-electron chi connectivity index (χ1n) is 8.69. The van der Waals surface area contributed by atoms with Crippen molar-refractivity contribution in [3.63, 3.8) is 0 Å². The molecule has 1 aliphatic rings. The van der Waals surface area contributed by atoms with E-state index in [4.69, 9.17) is 4.52 Å². The van der Waals surface area contributed by atoms with Crippen LogP contribution in [0.25, 0.3) is 0 Å². The van der Waals surface area contributed by atoms with Gasteiger partial charge in [0.15, 0.2) is 0 Å². The van der Waals surface area contributed by atoms with Crippen molar-refractivity contribution in [2.24, 2.45) is 5.92 Å². The van der Waals surface area contributed by atoms with Gasteiger partial charge in [0.25, 0.3) is 5.91 Å². The minimum Gasteiger partial charge on any atom is -0.390 e. The third-order valence-corrected chi connectivity index (χ3v) is 4.07. The number of hydrogen-bond acceptors (Lipinski definition) is 5. The van der Waals surface area contributed by atoms with Crippen molar-refractivity contribution in [2.45, 2.75) is 52.1 Å². The van der Waals surface area contributed by atoms with E-state index in [1.54, 1.807) is 6.07 Å². The van der Waals surface area contributed by atoms with Gasteiger partial charge in [-0.1, -0.05) is 31.8 Å². The summed E-state index contributed by atoms with van der Waals surface area (Å²) in [4.78, 5) is 14.3. The van der Waals surface area contributed by atoms with Crippen molar-refractivity contribution < 1.29 is 14.4 Å². The Bertz CT molecular complexity index is 479. The number of hydrogen-bond donors (Lipinski definition) is 2. The third kappa shape index (κ3) is 6.31. The van der Waals surface area contributed by atoms with Gasteiger partial charge in [0.1, 0.15) is 0 Å². The standard InChI is InChI=1S/C17H29N3O3/c1-13(2)9-14-10-16(23-19-14)17(22)18-11-15(21)12-20-7-5-3-4-6-8-20/h10,13,15,21H,3-9,11-12H2,1-2H3,(H,18,22)/t15-/m1/s1. The fraction of sp³-hybridized carbons (Fsp3) is 0.765. The fourth-order valence-electron chi connectivity index (χ4n) is 2.91.